The molecule has 2 heterocycles. The summed E-state index contributed by atoms with van der Waals surface area (Å²) in [5.41, 5.74) is 0. The molecule has 1 aromatic rings. The maximum Gasteiger partial charge on any atom is 0.243 e. The van der Waals surface area contributed by atoms with E-state index in [1.165, 1.54) is 32.1 Å². The first-order chi connectivity index (χ1) is 7.33. The molecule has 0 spiro atoms. The lowest BCUT2D eigenvalue weighted by Gasteiger charge is -2.24. The van der Waals surface area contributed by atoms with Crippen molar-refractivity contribution < 1.29 is 4.52 Å². The first-order valence-electron chi connectivity index (χ1n) is 5.89. The van der Waals surface area contributed by atoms with E-state index in [9.17, 15) is 0 Å². The fourth-order valence-corrected chi connectivity index (χ4v) is 2.97. The summed E-state index contributed by atoms with van der Waals surface area (Å²) in [6.45, 7) is 1.87. The first kappa shape index (κ1) is 9.33. The Bertz CT molecular complexity index is 335. The van der Waals surface area contributed by atoms with E-state index in [2.05, 4.69) is 15.5 Å². The molecule has 82 valence electrons. The molecule has 3 unspecified atom stereocenters. The van der Waals surface area contributed by atoms with Crippen molar-refractivity contribution in [1.82, 2.24) is 15.5 Å². The van der Waals surface area contributed by atoms with Gasteiger partial charge in [-0.3, -0.25) is 0 Å². The highest BCUT2D eigenvalue weighted by molar-refractivity contribution is 5.01. The molecule has 4 nitrogen and oxygen atoms in total. The standard InChI is InChI=1S/C11H17N3O/c1-7-12-11(15-14-7)10-6-8-4-2-3-5-9(8)13-10/h8-10,13H,2-6H2,1H3. The molecule has 0 amide bonds. The van der Waals surface area contributed by atoms with Gasteiger partial charge in [-0.1, -0.05) is 18.0 Å². The van der Waals surface area contributed by atoms with Crippen LogP contribution in [-0.4, -0.2) is 16.2 Å². The van der Waals surface area contributed by atoms with Crippen LogP contribution >= 0.6 is 0 Å². The molecule has 3 rings (SSSR count). The second-order valence-electron chi connectivity index (χ2n) is 4.79. The fraction of sp³-hybridized carbons (Fsp3) is 0.818. The van der Waals surface area contributed by atoms with Crippen molar-refractivity contribution in [2.24, 2.45) is 5.92 Å². The molecule has 3 atom stereocenters. The largest absolute Gasteiger partial charge is 0.338 e. The van der Waals surface area contributed by atoms with Crippen molar-refractivity contribution >= 4 is 0 Å². The summed E-state index contributed by atoms with van der Waals surface area (Å²) in [5.74, 6) is 2.35. The van der Waals surface area contributed by atoms with Gasteiger partial charge in [0, 0.05) is 6.04 Å². The second-order valence-corrected chi connectivity index (χ2v) is 4.79. The molecule has 1 aromatic heterocycles. The van der Waals surface area contributed by atoms with Gasteiger partial charge >= 0.3 is 0 Å². The third kappa shape index (κ3) is 1.67. The molecule has 4 heteroatoms. The van der Waals surface area contributed by atoms with Gasteiger partial charge in [-0.25, -0.2) is 0 Å². The summed E-state index contributed by atoms with van der Waals surface area (Å²) < 4.78 is 5.23. The van der Waals surface area contributed by atoms with Gasteiger partial charge in [0.05, 0.1) is 6.04 Å². The van der Waals surface area contributed by atoms with Crippen LogP contribution in [0.15, 0.2) is 4.52 Å². The number of nitrogens with zero attached hydrogens (tertiary/aromatic N) is 2. The highest BCUT2D eigenvalue weighted by atomic mass is 16.5. The van der Waals surface area contributed by atoms with Gasteiger partial charge in [-0.15, -0.1) is 0 Å². The lowest BCUT2D eigenvalue weighted by molar-refractivity contribution is 0.324. The summed E-state index contributed by atoms with van der Waals surface area (Å²) in [5, 5.41) is 7.48. The van der Waals surface area contributed by atoms with E-state index in [1.54, 1.807) is 0 Å². The van der Waals surface area contributed by atoms with E-state index in [1.807, 2.05) is 6.92 Å². The Labute approximate surface area is 89.4 Å². The van der Waals surface area contributed by atoms with Crippen LogP contribution in [0.2, 0.25) is 0 Å². The van der Waals surface area contributed by atoms with Crippen LogP contribution in [-0.2, 0) is 0 Å². The van der Waals surface area contributed by atoms with E-state index in [4.69, 9.17) is 4.52 Å². The van der Waals surface area contributed by atoms with Gasteiger partial charge in [-0.2, -0.15) is 4.98 Å². The summed E-state index contributed by atoms with van der Waals surface area (Å²) in [7, 11) is 0. The molecule has 0 bridgehead atoms. The monoisotopic (exact) mass is 207 g/mol. The Balaban J connectivity index is 1.74. The van der Waals surface area contributed by atoms with Crippen LogP contribution in [0, 0.1) is 12.8 Å². The molecule has 1 saturated heterocycles. The van der Waals surface area contributed by atoms with Crippen molar-refractivity contribution in [3.05, 3.63) is 11.7 Å². The molecule has 2 fully saturated rings. The molecule has 15 heavy (non-hydrogen) atoms. The maximum atomic E-state index is 5.23. The van der Waals surface area contributed by atoms with Crippen molar-refractivity contribution in [3.63, 3.8) is 0 Å². The summed E-state index contributed by atoms with van der Waals surface area (Å²) in [4.78, 5) is 4.31. The molecular formula is C11H17N3O. The topological polar surface area (TPSA) is 51.0 Å². The van der Waals surface area contributed by atoms with Crippen molar-refractivity contribution in [3.8, 4) is 0 Å². The number of hydrogen-bond acceptors (Lipinski definition) is 4. The first-order valence-corrected chi connectivity index (χ1v) is 5.89. The molecule has 1 aliphatic heterocycles. The lowest BCUT2D eigenvalue weighted by atomic mass is 9.85. The Morgan fingerprint density at radius 3 is 2.93 bits per heavy atom. The molecule has 1 saturated carbocycles. The zero-order chi connectivity index (χ0) is 10.3. The maximum absolute atomic E-state index is 5.23. The SMILES string of the molecule is Cc1noc(C2CC3CCCCC3N2)n1. The molecule has 1 aliphatic carbocycles. The normalized spacial score (nSPS) is 35.4. The minimum Gasteiger partial charge on any atom is -0.338 e. The predicted octanol–water partition coefficient (Wildman–Crippen LogP) is 1.97. The van der Waals surface area contributed by atoms with Gasteiger partial charge in [-0.05, 0) is 32.1 Å². The van der Waals surface area contributed by atoms with Crippen LogP contribution < -0.4 is 5.32 Å². The lowest BCUT2D eigenvalue weighted by Crippen LogP contribution is -2.30. The van der Waals surface area contributed by atoms with Crippen LogP contribution in [0.4, 0.5) is 0 Å². The number of aryl methyl sites for hydroxylation is 1. The van der Waals surface area contributed by atoms with E-state index in [-0.39, 0.29) is 0 Å². The minimum atomic E-state index is 0.305. The van der Waals surface area contributed by atoms with E-state index >= 15 is 0 Å². The number of nitrogens with one attached hydrogen (secondary N) is 1. The fourth-order valence-electron chi connectivity index (χ4n) is 2.97. The zero-order valence-corrected chi connectivity index (χ0v) is 9.07. The van der Waals surface area contributed by atoms with Gasteiger partial charge in [0.15, 0.2) is 5.82 Å². The molecule has 2 aliphatic rings. The van der Waals surface area contributed by atoms with Crippen molar-refractivity contribution in [1.29, 1.82) is 0 Å². The number of aromatic nitrogens is 2. The third-order valence-corrected chi connectivity index (χ3v) is 3.70. The van der Waals surface area contributed by atoms with Crippen LogP contribution in [0.1, 0.15) is 49.9 Å². The Morgan fingerprint density at radius 1 is 1.33 bits per heavy atom. The zero-order valence-electron chi connectivity index (χ0n) is 9.07. The van der Waals surface area contributed by atoms with Crippen LogP contribution in [0.5, 0.6) is 0 Å². The number of hydrogen-bond donors (Lipinski definition) is 1. The predicted molar refractivity (Wildman–Crippen MR) is 55.3 cm³/mol. The van der Waals surface area contributed by atoms with Crippen molar-refractivity contribution in [2.75, 3.05) is 0 Å². The van der Waals surface area contributed by atoms with E-state index in [0.717, 1.165) is 17.6 Å². The third-order valence-electron chi connectivity index (χ3n) is 3.70. The smallest absolute Gasteiger partial charge is 0.243 e. The highest BCUT2D eigenvalue weighted by Gasteiger charge is 2.37. The molecular weight excluding hydrogens is 190 g/mol. The molecule has 0 aromatic carbocycles. The summed E-state index contributed by atoms with van der Waals surface area (Å²) in [6.07, 6.45) is 6.60. The Kier molecular flexibility index (Phi) is 2.24. The Hall–Kier alpha value is -0.900. The molecule has 1 N–H and O–H groups in total. The van der Waals surface area contributed by atoms with Gasteiger partial charge in [0.1, 0.15) is 0 Å². The average molecular weight is 207 g/mol. The quantitative estimate of drug-likeness (QED) is 0.765. The second kappa shape index (κ2) is 3.59. The number of fused-ring (bicyclic) bond motifs is 1. The van der Waals surface area contributed by atoms with E-state index < -0.39 is 0 Å². The summed E-state index contributed by atoms with van der Waals surface area (Å²) >= 11 is 0. The Morgan fingerprint density at radius 2 is 2.20 bits per heavy atom. The molecule has 0 radical (unpaired) electrons. The minimum absolute atomic E-state index is 0.305. The van der Waals surface area contributed by atoms with Gasteiger partial charge < -0.3 is 9.84 Å². The van der Waals surface area contributed by atoms with Gasteiger partial charge in [0.2, 0.25) is 5.89 Å². The van der Waals surface area contributed by atoms with E-state index in [0.29, 0.717) is 12.1 Å². The highest BCUT2D eigenvalue weighted by Crippen LogP contribution is 2.38. The van der Waals surface area contributed by atoms with Gasteiger partial charge in [0.25, 0.3) is 0 Å². The van der Waals surface area contributed by atoms with Crippen LogP contribution in [0.3, 0.4) is 0 Å². The van der Waals surface area contributed by atoms with Crippen molar-refractivity contribution in [2.45, 2.75) is 51.1 Å². The summed E-state index contributed by atoms with van der Waals surface area (Å²) in [6, 6.07) is 0.996. The number of rotatable bonds is 1. The van der Waals surface area contributed by atoms with Crippen LogP contribution in [0.25, 0.3) is 0 Å². The average Bonchev–Trinajstić information content (AvgIpc) is 2.82.